The molecule has 362 valence electrons. The molecule has 0 radical (unpaired) electrons. The number of likely N-dealkylation sites (N-methyl/N-ethyl adjacent to an activating group) is 1. The molecule has 7 rings (SSSR count). The highest BCUT2D eigenvalue weighted by molar-refractivity contribution is 5.96. The maximum atomic E-state index is 14.7. The van der Waals surface area contributed by atoms with Gasteiger partial charge in [0.05, 0.1) is 19.8 Å². The summed E-state index contributed by atoms with van der Waals surface area (Å²) in [6.45, 7) is 14.3. The number of methoxy groups -OCH3 is 1. The Morgan fingerprint density at radius 1 is 1.04 bits per heavy atom. The van der Waals surface area contributed by atoms with E-state index in [0.29, 0.717) is 30.7 Å². The smallest absolute Gasteiger partial charge is 0.355 e. The van der Waals surface area contributed by atoms with Crippen LogP contribution in [0.4, 0.5) is 0 Å². The number of nitrogens with one attached hydrogen (secondary N) is 2. The van der Waals surface area contributed by atoms with Crippen LogP contribution in [0.1, 0.15) is 96.4 Å². The number of phenolic OH excluding ortho intramolecular Hbond substituents is 1. The number of esters is 1. The largest absolute Gasteiger partial charge is 0.508 e. The molecular formula is C51H68N6O10. The minimum atomic E-state index is -2.27. The molecule has 4 amide bonds. The van der Waals surface area contributed by atoms with Gasteiger partial charge in [-0.1, -0.05) is 46.4 Å². The number of hydrazine groups is 1. The molecule has 5 N–H and O–H groups in total. The average Bonchev–Trinajstić information content (AvgIpc) is 3.84. The Hall–Kier alpha value is -5.55. The molecule has 6 bridgehead atoms. The molecule has 4 atom stereocenters. The monoisotopic (exact) mass is 924 g/mol. The first-order valence-electron chi connectivity index (χ1n) is 23.6. The van der Waals surface area contributed by atoms with Crippen molar-refractivity contribution >= 4 is 46.1 Å². The summed E-state index contributed by atoms with van der Waals surface area (Å²) in [7, 11) is 3.12. The van der Waals surface area contributed by atoms with Gasteiger partial charge < -0.3 is 44.5 Å². The van der Waals surface area contributed by atoms with E-state index >= 15 is 0 Å². The van der Waals surface area contributed by atoms with E-state index in [0.717, 1.165) is 69.4 Å². The molecule has 16 heteroatoms. The summed E-state index contributed by atoms with van der Waals surface area (Å²) in [5.74, 6) is -4.07. The van der Waals surface area contributed by atoms with E-state index < -0.39 is 64.3 Å². The van der Waals surface area contributed by atoms with E-state index in [-0.39, 0.29) is 57.7 Å². The number of aliphatic hydroxyl groups is 2. The molecular weight excluding hydrogens is 857 g/mol. The summed E-state index contributed by atoms with van der Waals surface area (Å²) >= 11 is 0. The zero-order valence-electron chi connectivity index (χ0n) is 40.1. The van der Waals surface area contributed by atoms with Crippen LogP contribution in [0.3, 0.4) is 0 Å². The van der Waals surface area contributed by atoms with Gasteiger partial charge in [-0.25, -0.2) is 4.79 Å². The van der Waals surface area contributed by atoms with Crippen LogP contribution in [0, 0.1) is 11.3 Å². The van der Waals surface area contributed by atoms with E-state index in [9.17, 15) is 39.3 Å². The number of β-amino-alcohol motifs (C(OH)–C–C–N with tert-alkyl or cyclic N) is 1. The van der Waals surface area contributed by atoms with Crippen molar-refractivity contribution in [3.05, 3.63) is 71.4 Å². The molecule has 3 aliphatic heterocycles. The lowest BCUT2D eigenvalue weighted by Crippen LogP contribution is -2.67. The zero-order chi connectivity index (χ0) is 48.6. The number of amides is 4. The van der Waals surface area contributed by atoms with Crippen LogP contribution in [-0.4, -0.2) is 135 Å². The summed E-state index contributed by atoms with van der Waals surface area (Å²) in [5, 5.41) is 39.7. The predicted octanol–water partition coefficient (Wildman–Crippen LogP) is 4.61. The molecule has 67 heavy (non-hydrogen) atoms. The van der Waals surface area contributed by atoms with Gasteiger partial charge in [0.2, 0.25) is 17.5 Å². The van der Waals surface area contributed by atoms with Crippen LogP contribution in [0.25, 0.3) is 27.6 Å². The van der Waals surface area contributed by atoms with Gasteiger partial charge in [0.1, 0.15) is 17.8 Å². The normalized spacial score (nSPS) is 24.1. The number of carbonyl (C=O) groups excluding carboxylic acids is 5. The van der Waals surface area contributed by atoms with Crippen LogP contribution >= 0.6 is 0 Å². The number of aromatic hydroxyl groups is 1. The molecule has 0 spiro atoms. The summed E-state index contributed by atoms with van der Waals surface area (Å²) in [6.07, 6.45) is 5.61. The van der Waals surface area contributed by atoms with Crippen LogP contribution in [0.5, 0.6) is 5.75 Å². The van der Waals surface area contributed by atoms with Crippen LogP contribution in [0.2, 0.25) is 0 Å². The quantitative estimate of drug-likeness (QED) is 0.140. The molecule has 1 aliphatic carbocycles. The number of ether oxygens (including phenoxy) is 2. The second-order valence-corrected chi connectivity index (χ2v) is 20.0. The zero-order valence-corrected chi connectivity index (χ0v) is 40.1. The lowest BCUT2D eigenvalue weighted by Gasteiger charge is -2.40. The number of aryl methyl sites for hydroxylation is 1. The number of hydrogen-bond donors (Lipinski definition) is 5. The first-order valence-corrected chi connectivity index (χ1v) is 23.6. The molecule has 16 nitrogen and oxygen atoms in total. The number of benzene rings is 2. The Morgan fingerprint density at radius 2 is 1.79 bits per heavy atom. The van der Waals surface area contributed by atoms with Crippen molar-refractivity contribution in [2.24, 2.45) is 11.3 Å². The van der Waals surface area contributed by atoms with Crippen LogP contribution in [0.15, 0.2) is 54.6 Å². The standard InChI is InChI=1S/C51H68N6O10/c1-9-42(59)55-21-19-50(64,29-55)47(62)54(7)43(31(3)4)45(60)52-40-24-32-22-35(25-36(58)23-32)33-16-17-41-38(26-33)39(44(56(41)10-2)37-15-12-11-14-34(37)28-66-8)27-49(5,6)30-67-48(63)51(65)18-13-20-57(53-51)46(40)61/h9,16-17,22-23,25-26,31,40,43,53,58,64-65H,1,10-15,18-21,24,27-30H2,2-8H3,(H,52,60)/t40-,43-,50?,51-/m0/s1. The second kappa shape index (κ2) is 19.6. The molecule has 2 fully saturated rings. The van der Waals surface area contributed by atoms with Crippen molar-refractivity contribution in [2.45, 2.75) is 122 Å². The van der Waals surface area contributed by atoms with Crippen LogP contribution < -0.4 is 10.7 Å². The topological polar surface area (TPSA) is 203 Å². The first kappa shape index (κ1) is 49.4. The Kier molecular flexibility index (Phi) is 14.4. The van der Waals surface area contributed by atoms with E-state index in [1.54, 1.807) is 27.0 Å². The Balaban J connectivity index is 1.32. The lowest BCUT2D eigenvalue weighted by atomic mass is 9.82. The van der Waals surface area contributed by atoms with Gasteiger partial charge in [0, 0.05) is 75.1 Å². The maximum Gasteiger partial charge on any atom is 0.355 e. The fourth-order valence-corrected chi connectivity index (χ4v) is 10.6. The van der Waals surface area contributed by atoms with Gasteiger partial charge in [0.25, 0.3) is 11.8 Å². The van der Waals surface area contributed by atoms with E-state index in [4.69, 9.17) is 9.47 Å². The number of cyclic esters (lactones) is 1. The van der Waals surface area contributed by atoms with Crippen molar-refractivity contribution in [3.63, 3.8) is 0 Å². The summed E-state index contributed by atoms with van der Waals surface area (Å²) in [5.41, 5.74) is 5.72. The minimum Gasteiger partial charge on any atom is -0.508 e. The average molecular weight is 925 g/mol. The number of fused-ring (bicyclic) bond motifs is 6. The Morgan fingerprint density at radius 3 is 2.49 bits per heavy atom. The molecule has 1 unspecified atom stereocenters. The Labute approximate surface area is 392 Å². The number of phenols is 1. The number of likely N-dealkylation sites (tertiary alicyclic amines) is 1. The maximum absolute atomic E-state index is 14.7. The third-order valence-corrected chi connectivity index (χ3v) is 13.9. The fraction of sp³-hybridized carbons (Fsp3) is 0.549. The highest BCUT2D eigenvalue weighted by atomic mass is 16.6. The van der Waals surface area contributed by atoms with Gasteiger partial charge in [-0.2, -0.15) is 5.43 Å². The summed E-state index contributed by atoms with van der Waals surface area (Å²) in [4.78, 5) is 72.1. The first-order chi connectivity index (χ1) is 31.7. The molecule has 1 aromatic heterocycles. The second-order valence-electron chi connectivity index (χ2n) is 20.0. The minimum absolute atomic E-state index is 0.0408. The van der Waals surface area contributed by atoms with E-state index in [1.807, 2.05) is 26.0 Å². The SMILES string of the molecule is C=CC(=O)N1CCC(O)(C(=O)N(C)[C@H](C(=O)N[C@H]2Cc3cc(O)cc(c3)-c3ccc4c(c3)c(c(C3=C(COC)CCCC3)n4CC)CC(C)(C)COC(=O)[C@@]3(O)CCCN(N3)C2=O)C(C)C)C1. The van der Waals surface area contributed by atoms with Gasteiger partial charge in [-0.3, -0.25) is 24.2 Å². The van der Waals surface area contributed by atoms with Gasteiger partial charge in [-0.05, 0) is 115 Å². The van der Waals surface area contributed by atoms with Crippen LogP contribution in [-0.2, 0) is 52.8 Å². The number of nitrogens with zero attached hydrogens (tertiary/aromatic N) is 4. The number of allylic oxidation sites excluding steroid dienone is 1. The van der Waals surface area contributed by atoms with Gasteiger partial charge in [-0.15, -0.1) is 0 Å². The molecule has 4 aliphatic rings. The highest BCUT2D eigenvalue weighted by Crippen LogP contribution is 2.43. The highest BCUT2D eigenvalue weighted by Gasteiger charge is 2.49. The predicted molar refractivity (Wildman–Crippen MR) is 253 cm³/mol. The molecule has 4 heterocycles. The molecule has 0 saturated carbocycles. The van der Waals surface area contributed by atoms with Gasteiger partial charge >= 0.3 is 5.97 Å². The van der Waals surface area contributed by atoms with Crippen molar-refractivity contribution in [2.75, 3.05) is 47.0 Å². The van der Waals surface area contributed by atoms with Crippen molar-refractivity contribution in [1.82, 2.24) is 30.1 Å². The third-order valence-electron chi connectivity index (χ3n) is 13.9. The number of rotatable bonds is 10. The van der Waals surface area contributed by atoms with Gasteiger partial charge in [0.15, 0.2) is 5.60 Å². The third kappa shape index (κ3) is 10.0. The Bertz CT molecular complexity index is 2480. The molecule has 2 saturated heterocycles. The van der Waals surface area contributed by atoms with Crippen molar-refractivity contribution in [1.29, 1.82) is 0 Å². The fourth-order valence-electron chi connectivity index (χ4n) is 10.6. The summed E-state index contributed by atoms with van der Waals surface area (Å²) < 4.78 is 14.0. The lowest BCUT2D eigenvalue weighted by molar-refractivity contribution is -0.189. The van der Waals surface area contributed by atoms with Crippen molar-refractivity contribution < 1.29 is 48.8 Å². The number of hydrogen-bond acceptors (Lipinski definition) is 11. The molecule has 2 aromatic carbocycles. The number of carbonyl (C=O) groups is 5. The van der Waals surface area contributed by atoms with E-state index in [2.05, 4.69) is 40.9 Å². The van der Waals surface area contributed by atoms with Crippen molar-refractivity contribution in [3.8, 4) is 16.9 Å². The molecule has 3 aromatic rings. The van der Waals surface area contributed by atoms with E-state index in [1.165, 1.54) is 29.2 Å². The number of aromatic nitrogens is 1. The summed E-state index contributed by atoms with van der Waals surface area (Å²) in [6, 6.07) is 8.78.